The summed E-state index contributed by atoms with van der Waals surface area (Å²) in [6.07, 6.45) is 1.30. The van der Waals surface area contributed by atoms with Crippen LogP contribution in [0.4, 0.5) is 0 Å². The van der Waals surface area contributed by atoms with Crippen LogP contribution in [0.5, 0.6) is 0 Å². The summed E-state index contributed by atoms with van der Waals surface area (Å²) in [7, 11) is 0. The fraction of sp³-hybridized carbons (Fsp3) is 0.545. The predicted octanol–water partition coefficient (Wildman–Crippen LogP) is 2.05. The van der Waals surface area contributed by atoms with Crippen molar-refractivity contribution in [1.29, 1.82) is 0 Å². The van der Waals surface area contributed by atoms with Gasteiger partial charge in [0.25, 0.3) is 0 Å². The van der Waals surface area contributed by atoms with Crippen molar-refractivity contribution in [3.05, 3.63) is 22.4 Å². The van der Waals surface area contributed by atoms with Crippen LogP contribution in [-0.4, -0.2) is 31.5 Å². The van der Waals surface area contributed by atoms with E-state index in [1.165, 1.54) is 0 Å². The normalized spacial score (nSPS) is 10.3. The third-order valence-corrected chi connectivity index (χ3v) is 2.95. The van der Waals surface area contributed by atoms with E-state index in [1.54, 1.807) is 11.3 Å². The number of nitrogens with one attached hydrogen (secondary N) is 1. The third kappa shape index (κ3) is 6.10. The molecule has 0 aliphatic heterocycles. The Morgan fingerprint density at radius 1 is 1.50 bits per heavy atom. The second-order valence-corrected chi connectivity index (χ2v) is 4.67. The van der Waals surface area contributed by atoms with Gasteiger partial charge in [0, 0.05) is 23.9 Å². The van der Waals surface area contributed by atoms with Gasteiger partial charge in [0.2, 0.25) is 5.91 Å². The Bertz CT molecular complexity index is 290. The maximum atomic E-state index is 11.4. The van der Waals surface area contributed by atoms with Gasteiger partial charge in [0.05, 0.1) is 13.0 Å². The number of halogens is 1. The van der Waals surface area contributed by atoms with Crippen LogP contribution in [-0.2, 0) is 16.0 Å². The number of hydrogen-bond acceptors (Lipinski definition) is 3. The molecule has 5 heteroatoms. The maximum Gasteiger partial charge on any atom is 0.225 e. The Labute approximate surface area is 105 Å². The molecule has 0 saturated heterocycles. The van der Waals surface area contributed by atoms with E-state index >= 15 is 0 Å². The topological polar surface area (TPSA) is 38.3 Å². The maximum absolute atomic E-state index is 11.4. The number of amides is 1. The van der Waals surface area contributed by atoms with E-state index in [4.69, 9.17) is 16.3 Å². The van der Waals surface area contributed by atoms with Gasteiger partial charge in [-0.25, -0.2) is 0 Å². The summed E-state index contributed by atoms with van der Waals surface area (Å²) in [5, 5.41) is 4.83. The number of alkyl halides is 1. The van der Waals surface area contributed by atoms with Crippen molar-refractivity contribution in [2.24, 2.45) is 0 Å². The molecule has 90 valence electrons. The number of hydrogen-bond donors (Lipinski definition) is 1. The van der Waals surface area contributed by atoms with Crippen LogP contribution in [0.3, 0.4) is 0 Å². The van der Waals surface area contributed by atoms with E-state index in [0.717, 1.165) is 11.3 Å². The molecule has 1 heterocycles. The van der Waals surface area contributed by atoms with Gasteiger partial charge >= 0.3 is 0 Å². The summed E-state index contributed by atoms with van der Waals surface area (Å²) >= 11 is 7.05. The molecule has 0 unspecified atom stereocenters. The molecule has 0 spiro atoms. The molecule has 3 nitrogen and oxygen atoms in total. The molecular formula is C11H16ClNO2S. The minimum absolute atomic E-state index is 0.0693. The van der Waals surface area contributed by atoms with Crippen molar-refractivity contribution < 1.29 is 9.53 Å². The van der Waals surface area contributed by atoms with E-state index in [1.807, 2.05) is 17.5 Å². The Kier molecular flexibility index (Phi) is 7.21. The fourth-order valence-electron chi connectivity index (χ4n) is 1.19. The quantitative estimate of drug-likeness (QED) is 0.575. The lowest BCUT2D eigenvalue weighted by molar-refractivity contribution is -0.120. The molecule has 1 amide bonds. The monoisotopic (exact) mass is 261 g/mol. The summed E-state index contributed by atoms with van der Waals surface area (Å²) in [5.74, 6) is 0.588. The highest BCUT2D eigenvalue weighted by molar-refractivity contribution is 7.10. The highest BCUT2D eigenvalue weighted by Crippen LogP contribution is 2.08. The second-order valence-electron chi connectivity index (χ2n) is 3.26. The number of thiophene rings is 1. The lowest BCUT2D eigenvalue weighted by Crippen LogP contribution is -2.26. The van der Waals surface area contributed by atoms with Crippen molar-refractivity contribution in [1.82, 2.24) is 5.32 Å². The van der Waals surface area contributed by atoms with E-state index in [9.17, 15) is 4.79 Å². The van der Waals surface area contributed by atoms with Crippen molar-refractivity contribution in [2.75, 3.05) is 25.6 Å². The molecule has 1 aromatic heterocycles. The lowest BCUT2D eigenvalue weighted by Gasteiger charge is -2.04. The van der Waals surface area contributed by atoms with Gasteiger partial charge in [-0.15, -0.1) is 22.9 Å². The van der Waals surface area contributed by atoms with Crippen molar-refractivity contribution in [3.8, 4) is 0 Å². The average Bonchev–Trinajstić information content (AvgIpc) is 2.76. The van der Waals surface area contributed by atoms with E-state index in [0.29, 0.717) is 32.1 Å². The van der Waals surface area contributed by atoms with Gasteiger partial charge < -0.3 is 10.1 Å². The summed E-state index contributed by atoms with van der Waals surface area (Å²) in [6.45, 7) is 1.88. The second kappa shape index (κ2) is 8.56. The molecule has 0 aliphatic rings. The number of ether oxygens (including phenoxy) is 1. The van der Waals surface area contributed by atoms with Gasteiger partial charge in [-0.05, 0) is 17.9 Å². The zero-order chi connectivity index (χ0) is 11.6. The standard InChI is InChI=1S/C11H16ClNO2S/c12-4-7-15-6-2-5-13-11(14)9-10-3-1-8-16-10/h1,3,8H,2,4-7,9H2,(H,13,14). The number of carbonyl (C=O) groups is 1. The average molecular weight is 262 g/mol. The Morgan fingerprint density at radius 2 is 2.38 bits per heavy atom. The SMILES string of the molecule is O=C(Cc1cccs1)NCCCOCCCl. The van der Waals surface area contributed by atoms with Gasteiger partial charge in [0.1, 0.15) is 0 Å². The molecule has 0 atom stereocenters. The lowest BCUT2D eigenvalue weighted by atomic mass is 10.3. The molecule has 0 aromatic carbocycles. The fourth-order valence-corrected chi connectivity index (χ4v) is 2.01. The van der Waals surface area contributed by atoms with Crippen molar-refractivity contribution in [2.45, 2.75) is 12.8 Å². The molecule has 0 bridgehead atoms. The van der Waals surface area contributed by atoms with Crippen LogP contribution in [0.15, 0.2) is 17.5 Å². The minimum atomic E-state index is 0.0693. The highest BCUT2D eigenvalue weighted by atomic mass is 35.5. The first-order chi connectivity index (χ1) is 7.83. The van der Waals surface area contributed by atoms with Crippen LogP contribution in [0, 0.1) is 0 Å². The highest BCUT2D eigenvalue weighted by Gasteiger charge is 2.02. The zero-order valence-electron chi connectivity index (χ0n) is 9.08. The van der Waals surface area contributed by atoms with Gasteiger partial charge in [-0.2, -0.15) is 0 Å². The zero-order valence-corrected chi connectivity index (χ0v) is 10.6. The van der Waals surface area contributed by atoms with Crippen LogP contribution < -0.4 is 5.32 Å². The van der Waals surface area contributed by atoms with Crippen LogP contribution in [0.1, 0.15) is 11.3 Å². The molecule has 0 aliphatic carbocycles. The molecule has 1 N–H and O–H groups in total. The molecular weight excluding hydrogens is 246 g/mol. The first-order valence-corrected chi connectivity index (χ1v) is 6.67. The van der Waals surface area contributed by atoms with E-state index in [2.05, 4.69) is 5.32 Å². The predicted molar refractivity (Wildman–Crippen MR) is 67.2 cm³/mol. The van der Waals surface area contributed by atoms with Gasteiger partial charge in [-0.3, -0.25) is 4.79 Å². The smallest absolute Gasteiger partial charge is 0.225 e. The van der Waals surface area contributed by atoms with Gasteiger partial charge in [0.15, 0.2) is 0 Å². The van der Waals surface area contributed by atoms with Gasteiger partial charge in [-0.1, -0.05) is 6.07 Å². The first-order valence-electron chi connectivity index (χ1n) is 5.25. The van der Waals surface area contributed by atoms with E-state index in [-0.39, 0.29) is 5.91 Å². The Hall–Kier alpha value is -0.580. The molecule has 0 saturated carbocycles. The van der Waals surface area contributed by atoms with Crippen LogP contribution >= 0.6 is 22.9 Å². The number of carbonyl (C=O) groups excluding carboxylic acids is 1. The summed E-state index contributed by atoms with van der Waals surface area (Å²) in [6, 6.07) is 3.92. The van der Waals surface area contributed by atoms with Crippen LogP contribution in [0.2, 0.25) is 0 Å². The van der Waals surface area contributed by atoms with Crippen molar-refractivity contribution >= 4 is 28.8 Å². The minimum Gasteiger partial charge on any atom is -0.380 e. The number of rotatable bonds is 8. The molecule has 0 radical (unpaired) electrons. The Morgan fingerprint density at radius 3 is 3.06 bits per heavy atom. The summed E-state index contributed by atoms with van der Waals surface area (Å²) < 4.78 is 5.19. The Balaban J connectivity index is 1.98. The summed E-state index contributed by atoms with van der Waals surface area (Å²) in [4.78, 5) is 12.5. The van der Waals surface area contributed by atoms with Crippen LogP contribution in [0.25, 0.3) is 0 Å². The summed E-state index contributed by atoms with van der Waals surface area (Å²) in [5.41, 5.74) is 0. The molecule has 16 heavy (non-hydrogen) atoms. The largest absolute Gasteiger partial charge is 0.380 e. The molecule has 0 fully saturated rings. The molecule has 1 aromatic rings. The third-order valence-electron chi connectivity index (χ3n) is 1.92. The first kappa shape index (κ1) is 13.5. The molecule has 1 rings (SSSR count). The van der Waals surface area contributed by atoms with E-state index < -0.39 is 0 Å². The van der Waals surface area contributed by atoms with Crippen molar-refractivity contribution in [3.63, 3.8) is 0 Å².